The number of nitrogens with one attached hydrogen (secondary N) is 1. The van der Waals surface area contributed by atoms with Gasteiger partial charge in [0.25, 0.3) is 0 Å². The van der Waals surface area contributed by atoms with Crippen molar-refractivity contribution in [2.75, 3.05) is 20.0 Å². The molecule has 0 fully saturated rings. The van der Waals surface area contributed by atoms with E-state index >= 15 is 0 Å². The van der Waals surface area contributed by atoms with Crippen molar-refractivity contribution >= 4 is 10.0 Å². The summed E-state index contributed by atoms with van der Waals surface area (Å²) in [5.41, 5.74) is 0.797. The highest BCUT2D eigenvalue weighted by atomic mass is 32.2. The van der Waals surface area contributed by atoms with E-state index in [-0.39, 0.29) is 12.3 Å². The second-order valence-electron chi connectivity index (χ2n) is 3.86. The van der Waals surface area contributed by atoms with Gasteiger partial charge in [-0.1, -0.05) is 6.92 Å². The van der Waals surface area contributed by atoms with Crippen LogP contribution in [-0.2, 0) is 16.6 Å². The lowest BCUT2D eigenvalue weighted by atomic mass is 10.2. The van der Waals surface area contributed by atoms with Gasteiger partial charge < -0.3 is 9.47 Å². The molecule has 0 aromatic heterocycles. The van der Waals surface area contributed by atoms with Crippen LogP contribution in [-0.4, -0.2) is 28.4 Å². The molecule has 1 aromatic carbocycles. The van der Waals surface area contributed by atoms with Crippen LogP contribution in [0.5, 0.6) is 11.5 Å². The molecule has 0 saturated heterocycles. The van der Waals surface area contributed by atoms with Crippen LogP contribution in [0.4, 0.5) is 0 Å². The average molecular weight is 273 g/mol. The zero-order valence-electron chi connectivity index (χ0n) is 10.9. The Kier molecular flexibility index (Phi) is 5.43. The van der Waals surface area contributed by atoms with Gasteiger partial charge in [0.05, 0.1) is 20.0 Å². The van der Waals surface area contributed by atoms with Gasteiger partial charge in [-0.15, -0.1) is 0 Å². The lowest BCUT2D eigenvalue weighted by molar-refractivity contribution is 0.393. The van der Waals surface area contributed by atoms with Crippen LogP contribution in [0.3, 0.4) is 0 Å². The fourth-order valence-electron chi connectivity index (χ4n) is 1.50. The normalized spacial score (nSPS) is 11.3. The summed E-state index contributed by atoms with van der Waals surface area (Å²) in [7, 11) is -0.0899. The Morgan fingerprint density at radius 1 is 1.11 bits per heavy atom. The second kappa shape index (κ2) is 6.61. The lowest BCUT2D eigenvalue weighted by Crippen LogP contribution is -2.25. The number of rotatable bonds is 7. The largest absolute Gasteiger partial charge is 0.497 e. The quantitative estimate of drug-likeness (QED) is 0.818. The Balaban J connectivity index is 2.78. The minimum Gasteiger partial charge on any atom is -0.497 e. The van der Waals surface area contributed by atoms with Crippen molar-refractivity contribution in [3.63, 3.8) is 0 Å². The van der Waals surface area contributed by atoms with E-state index < -0.39 is 10.0 Å². The molecule has 0 saturated carbocycles. The third-order valence-electron chi connectivity index (χ3n) is 2.38. The highest BCUT2D eigenvalue weighted by Gasteiger charge is 2.09. The van der Waals surface area contributed by atoms with Crippen molar-refractivity contribution in [3.8, 4) is 11.5 Å². The number of sulfonamides is 1. The van der Waals surface area contributed by atoms with Crippen molar-refractivity contribution in [1.29, 1.82) is 0 Å². The van der Waals surface area contributed by atoms with Crippen LogP contribution in [0.15, 0.2) is 18.2 Å². The Bertz CT molecular complexity index is 463. The molecule has 0 aliphatic carbocycles. The fourth-order valence-corrected chi connectivity index (χ4v) is 2.57. The van der Waals surface area contributed by atoms with Gasteiger partial charge >= 0.3 is 0 Å². The van der Waals surface area contributed by atoms with Crippen molar-refractivity contribution in [1.82, 2.24) is 4.72 Å². The van der Waals surface area contributed by atoms with E-state index in [1.54, 1.807) is 32.4 Å². The second-order valence-corrected chi connectivity index (χ2v) is 5.79. The van der Waals surface area contributed by atoms with Crippen LogP contribution in [0.2, 0.25) is 0 Å². The van der Waals surface area contributed by atoms with E-state index in [0.717, 1.165) is 5.56 Å². The molecule has 0 aliphatic heterocycles. The number of benzene rings is 1. The minimum absolute atomic E-state index is 0.133. The Hall–Kier alpha value is -1.27. The Morgan fingerprint density at radius 2 is 1.67 bits per heavy atom. The third-order valence-corrected chi connectivity index (χ3v) is 3.91. The number of ether oxygens (including phenoxy) is 2. The zero-order chi connectivity index (χ0) is 13.6. The maximum atomic E-state index is 11.5. The van der Waals surface area contributed by atoms with Crippen LogP contribution in [0.25, 0.3) is 0 Å². The summed E-state index contributed by atoms with van der Waals surface area (Å²) in [6.45, 7) is 2.06. The van der Waals surface area contributed by atoms with E-state index in [0.29, 0.717) is 17.9 Å². The van der Waals surface area contributed by atoms with Crippen molar-refractivity contribution in [2.45, 2.75) is 19.9 Å². The summed E-state index contributed by atoms with van der Waals surface area (Å²) in [5, 5.41) is 0. The van der Waals surface area contributed by atoms with E-state index in [1.807, 2.05) is 6.92 Å². The molecule has 0 radical (unpaired) electrons. The molecule has 1 aromatic rings. The monoisotopic (exact) mass is 273 g/mol. The molecule has 1 N–H and O–H groups in total. The first-order chi connectivity index (χ1) is 8.50. The molecule has 18 heavy (non-hydrogen) atoms. The molecule has 0 heterocycles. The molecule has 1 rings (SSSR count). The highest BCUT2D eigenvalue weighted by Crippen LogP contribution is 2.22. The van der Waals surface area contributed by atoms with Crippen LogP contribution in [0.1, 0.15) is 18.9 Å². The van der Waals surface area contributed by atoms with Gasteiger partial charge in [-0.25, -0.2) is 13.1 Å². The van der Waals surface area contributed by atoms with Gasteiger partial charge in [0.15, 0.2) is 0 Å². The SMILES string of the molecule is CCCS(=O)(=O)NCc1cc(OC)cc(OC)c1. The van der Waals surface area contributed by atoms with Crippen LogP contribution in [0, 0.1) is 0 Å². The van der Waals surface area contributed by atoms with Crippen molar-refractivity contribution < 1.29 is 17.9 Å². The summed E-state index contributed by atoms with van der Waals surface area (Å²) >= 11 is 0. The molecular weight excluding hydrogens is 254 g/mol. The molecule has 0 atom stereocenters. The molecule has 0 amide bonds. The maximum Gasteiger partial charge on any atom is 0.211 e. The zero-order valence-corrected chi connectivity index (χ0v) is 11.7. The molecule has 5 nitrogen and oxygen atoms in total. The lowest BCUT2D eigenvalue weighted by Gasteiger charge is -2.09. The first-order valence-corrected chi connectivity index (χ1v) is 7.35. The van der Waals surface area contributed by atoms with Crippen LogP contribution < -0.4 is 14.2 Å². The molecule has 0 aliphatic rings. The Morgan fingerprint density at radius 3 is 2.11 bits per heavy atom. The number of methoxy groups -OCH3 is 2. The van der Waals surface area contributed by atoms with Gasteiger partial charge in [-0.2, -0.15) is 0 Å². The molecular formula is C12H19NO4S. The predicted molar refractivity (Wildman–Crippen MR) is 70.5 cm³/mol. The number of hydrogen-bond donors (Lipinski definition) is 1. The Labute approximate surface area is 108 Å². The van der Waals surface area contributed by atoms with Crippen molar-refractivity contribution in [3.05, 3.63) is 23.8 Å². The molecule has 0 bridgehead atoms. The summed E-state index contributed by atoms with van der Waals surface area (Å²) < 4.78 is 35.9. The molecule has 0 spiro atoms. The van der Waals surface area contributed by atoms with Gasteiger partial charge in [0, 0.05) is 12.6 Å². The average Bonchev–Trinajstić information content (AvgIpc) is 2.36. The van der Waals surface area contributed by atoms with Gasteiger partial charge in [0.1, 0.15) is 11.5 Å². The van der Waals surface area contributed by atoms with Crippen LogP contribution >= 0.6 is 0 Å². The smallest absolute Gasteiger partial charge is 0.211 e. The fraction of sp³-hybridized carbons (Fsp3) is 0.500. The maximum absolute atomic E-state index is 11.5. The topological polar surface area (TPSA) is 64.6 Å². The van der Waals surface area contributed by atoms with Gasteiger partial charge in [-0.05, 0) is 24.1 Å². The highest BCUT2D eigenvalue weighted by molar-refractivity contribution is 7.89. The standard InChI is InChI=1S/C12H19NO4S/c1-4-5-18(14,15)13-9-10-6-11(16-2)8-12(7-10)17-3/h6-8,13H,4-5,9H2,1-3H3. The van der Waals surface area contributed by atoms with Crippen molar-refractivity contribution in [2.24, 2.45) is 0 Å². The van der Waals surface area contributed by atoms with E-state index in [1.165, 1.54) is 0 Å². The number of hydrogen-bond acceptors (Lipinski definition) is 4. The van der Waals surface area contributed by atoms with E-state index in [9.17, 15) is 8.42 Å². The minimum atomic E-state index is -3.20. The van der Waals surface area contributed by atoms with Gasteiger partial charge in [-0.3, -0.25) is 0 Å². The molecule has 6 heteroatoms. The molecule has 0 unspecified atom stereocenters. The van der Waals surface area contributed by atoms with E-state index in [4.69, 9.17) is 9.47 Å². The first-order valence-electron chi connectivity index (χ1n) is 5.70. The third kappa shape index (κ3) is 4.54. The van der Waals surface area contributed by atoms with E-state index in [2.05, 4.69) is 4.72 Å². The predicted octanol–water partition coefficient (Wildman–Crippen LogP) is 1.53. The summed E-state index contributed by atoms with van der Waals surface area (Å²) in [6.07, 6.45) is 0.594. The summed E-state index contributed by atoms with van der Waals surface area (Å²) in [4.78, 5) is 0. The first kappa shape index (κ1) is 14.8. The molecule has 102 valence electrons. The summed E-state index contributed by atoms with van der Waals surface area (Å²) in [6, 6.07) is 5.29. The van der Waals surface area contributed by atoms with Gasteiger partial charge in [0.2, 0.25) is 10.0 Å². The summed E-state index contributed by atoms with van der Waals surface area (Å²) in [5.74, 6) is 1.41.